The molecule has 0 aliphatic rings. The Morgan fingerprint density at radius 3 is 2.85 bits per heavy atom. The second kappa shape index (κ2) is 6.29. The van der Waals surface area contributed by atoms with Crippen molar-refractivity contribution in [1.82, 2.24) is 4.57 Å². The van der Waals surface area contributed by atoms with Gasteiger partial charge in [0.25, 0.3) is 5.91 Å². The van der Waals surface area contributed by atoms with Gasteiger partial charge in [-0.05, 0) is 19.1 Å². The van der Waals surface area contributed by atoms with Crippen LogP contribution in [0.15, 0.2) is 40.8 Å². The first kappa shape index (κ1) is 14.2. The summed E-state index contributed by atoms with van der Waals surface area (Å²) in [5, 5.41) is 1.85. The predicted octanol–water partition coefficient (Wildman–Crippen LogP) is 1.80. The third-order valence-corrected chi connectivity index (χ3v) is 3.43. The molecule has 0 radical (unpaired) electrons. The second-order valence-corrected chi connectivity index (χ2v) is 5.05. The van der Waals surface area contributed by atoms with Crippen molar-refractivity contribution in [2.45, 2.75) is 6.92 Å². The molecule has 0 saturated carbocycles. The predicted molar refractivity (Wildman–Crippen MR) is 75.8 cm³/mol. The van der Waals surface area contributed by atoms with Gasteiger partial charge in [0, 0.05) is 24.2 Å². The number of thiazole rings is 1. The monoisotopic (exact) mass is 290 g/mol. The average Bonchev–Trinajstić information content (AvgIpc) is 2.82. The van der Waals surface area contributed by atoms with Crippen LogP contribution in [0.4, 0.5) is 0 Å². The SMILES string of the molecule is CC(=O)c1cccc(OCC(=O)N=c2sccn2C)c1. The summed E-state index contributed by atoms with van der Waals surface area (Å²) >= 11 is 1.38. The summed E-state index contributed by atoms with van der Waals surface area (Å²) in [5.74, 6) is 0.0742. The maximum atomic E-state index is 11.7. The fraction of sp³-hybridized carbons (Fsp3) is 0.214. The molecule has 2 aromatic rings. The molecule has 1 amide bonds. The summed E-state index contributed by atoms with van der Waals surface area (Å²) in [5.41, 5.74) is 0.552. The molecule has 0 atom stereocenters. The highest BCUT2D eigenvalue weighted by atomic mass is 32.1. The van der Waals surface area contributed by atoms with E-state index in [2.05, 4.69) is 4.99 Å². The van der Waals surface area contributed by atoms with E-state index < -0.39 is 0 Å². The van der Waals surface area contributed by atoms with E-state index in [0.717, 1.165) is 0 Å². The minimum atomic E-state index is -0.365. The quantitative estimate of drug-likeness (QED) is 0.807. The number of ether oxygens (including phenoxy) is 1. The molecule has 104 valence electrons. The van der Waals surface area contributed by atoms with Gasteiger partial charge in [-0.25, -0.2) is 0 Å². The molecule has 20 heavy (non-hydrogen) atoms. The highest BCUT2D eigenvalue weighted by Crippen LogP contribution is 2.13. The molecule has 0 spiro atoms. The number of carbonyl (C=O) groups is 2. The van der Waals surface area contributed by atoms with Crippen LogP contribution in [0.5, 0.6) is 5.75 Å². The van der Waals surface area contributed by atoms with Crippen molar-refractivity contribution in [3.63, 3.8) is 0 Å². The smallest absolute Gasteiger partial charge is 0.286 e. The number of ketones is 1. The first-order valence-electron chi connectivity index (χ1n) is 5.98. The van der Waals surface area contributed by atoms with Crippen LogP contribution in [0.1, 0.15) is 17.3 Å². The Kier molecular flexibility index (Phi) is 4.47. The maximum absolute atomic E-state index is 11.7. The molecule has 0 aliphatic heterocycles. The number of Topliss-reactive ketones (excluding diaryl/α,β-unsaturated/α-hetero) is 1. The lowest BCUT2D eigenvalue weighted by Gasteiger charge is -2.04. The van der Waals surface area contributed by atoms with Gasteiger partial charge in [0.15, 0.2) is 17.2 Å². The number of aryl methyl sites for hydroxylation is 1. The Bertz CT molecular complexity index is 700. The van der Waals surface area contributed by atoms with Crippen LogP contribution >= 0.6 is 11.3 Å². The molecular weight excluding hydrogens is 276 g/mol. The topological polar surface area (TPSA) is 60.7 Å². The minimum absolute atomic E-state index is 0.0444. The standard InChI is InChI=1S/C14H14N2O3S/c1-10(17)11-4-3-5-12(8-11)19-9-13(18)15-14-16(2)6-7-20-14/h3-8H,9H2,1-2H3. The Labute approximate surface area is 120 Å². The summed E-state index contributed by atoms with van der Waals surface area (Å²) in [4.78, 5) is 27.5. The van der Waals surface area contributed by atoms with Crippen LogP contribution in [-0.2, 0) is 11.8 Å². The van der Waals surface area contributed by atoms with Gasteiger partial charge in [0.05, 0.1) is 0 Å². The third-order valence-electron chi connectivity index (χ3n) is 2.58. The van der Waals surface area contributed by atoms with Crippen molar-refractivity contribution >= 4 is 23.0 Å². The number of hydrogen-bond donors (Lipinski definition) is 0. The summed E-state index contributed by atoms with van der Waals surface area (Å²) in [6.45, 7) is 1.33. The molecule has 0 bridgehead atoms. The largest absolute Gasteiger partial charge is 0.484 e. The van der Waals surface area contributed by atoms with Crippen LogP contribution in [0.3, 0.4) is 0 Å². The zero-order valence-electron chi connectivity index (χ0n) is 11.2. The van der Waals surface area contributed by atoms with E-state index in [4.69, 9.17) is 4.74 Å². The summed E-state index contributed by atoms with van der Waals surface area (Å²) < 4.78 is 7.11. The van der Waals surface area contributed by atoms with Crippen LogP contribution in [0.2, 0.25) is 0 Å². The van der Waals surface area contributed by atoms with E-state index in [1.54, 1.807) is 28.8 Å². The summed E-state index contributed by atoms with van der Waals surface area (Å²) in [6.07, 6.45) is 1.83. The maximum Gasteiger partial charge on any atom is 0.286 e. The van der Waals surface area contributed by atoms with Crippen molar-refractivity contribution in [1.29, 1.82) is 0 Å². The highest BCUT2D eigenvalue weighted by Gasteiger charge is 2.04. The van der Waals surface area contributed by atoms with E-state index in [-0.39, 0.29) is 18.3 Å². The van der Waals surface area contributed by atoms with Gasteiger partial charge in [-0.1, -0.05) is 12.1 Å². The second-order valence-electron chi connectivity index (χ2n) is 4.17. The van der Waals surface area contributed by atoms with Crippen molar-refractivity contribution in [3.8, 4) is 5.75 Å². The van der Waals surface area contributed by atoms with Gasteiger partial charge < -0.3 is 9.30 Å². The van der Waals surface area contributed by atoms with Crippen molar-refractivity contribution in [2.75, 3.05) is 6.61 Å². The first-order valence-corrected chi connectivity index (χ1v) is 6.86. The van der Waals surface area contributed by atoms with Crippen molar-refractivity contribution < 1.29 is 14.3 Å². The zero-order valence-corrected chi connectivity index (χ0v) is 12.0. The molecular formula is C14H14N2O3S. The lowest BCUT2D eigenvalue weighted by molar-refractivity contribution is -0.120. The molecule has 0 fully saturated rings. The number of amides is 1. The molecule has 1 heterocycles. The van der Waals surface area contributed by atoms with Gasteiger partial charge in [-0.2, -0.15) is 4.99 Å². The van der Waals surface area contributed by atoms with E-state index in [9.17, 15) is 9.59 Å². The normalized spacial score (nSPS) is 11.4. The molecule has 1 aromatic carbocycles. The Morgan fingerprint density at radius 2 is 2.20 bits per heavy atom. The Morgan fingerprint density at radius 1 is 1.40 bits per heavy atom. The van der Waals surface area contributed by atoms with Crippen LogP contribution in [-0.4, -0.2) is 22.9 Å². The third kappa shape index (κ3) is 3.64. The van der Waals surface area contributed by atoms with Crippen LogP contribution in [0, 0.1) is 0 Å². The van der Waals surface area contributed by atoms with Crippen LogP contribution in [0.25, 0.3) is 0 Å². The Balaban J connectivity index is 2.02. The number of hydrogen-bond acceptors (Lipinski definition) is 4. The Hall–Kier alpha value is -2.21. The fourth-order valence-electron chi connectivity index (χ4n) is 1.52. The lowest BCUT2D eigenvalue weighted by Crippen LogP contribution is -2.16. The molecule has 6 heteroatoms. The number of rotatable bonds is 4. The molecule has 5 nitrogen and oxygen atoms in total. The number of nitrogens with zero attached hydrogens (tertiary/aromatic N) is 2. The molecule has 0 N–H and O–H groups in total. The number of aromatic nitrogens is 1. The number of carbonyl (C=O) groups excluding carboxylic acids is 2. The lowest BCUT2D eigenvalue weighted by atomic mass is 10.1. The van der Waals surface area contributed by atoms with Gasteiger partial charge >= 0.3 is 0 Å². The molecule has 1 aromatic heterocycles. The van der Waals surface area contributed by atoms with Gasteiger partial charge in [-0.15, -0.1) is 11.3 Å². The average molecular weight is 290 g/mol. The first-order chi connectivity index (χ1) is 9.56. The minimum Gasteiger partial charge on any atom is -0.484 e. The van der Waals surface area contributed by atoms with E-state index in [1.165, 1.54) is 18.3 Å². The zero-order chi connectivity index (χ0) is 14.5. The van der Waals surface area contributed by atoms with Gasteiger partial charge in [-0.3, -0.25) is 9.59 Å². The molecule has 0 aliphatic carbocycles. The van der Waals surface area contributed by atoms with Crippen LogP contribution < -0.4 is 9.54 Å². The van der Waals surface area contributed by atoms with Gasteiger partial charge in [0.2, 0.25) is 0 Å². The van der Waals surface area contributed by atoms with E-state index in [1.807, 2.05) is 18.6 Å². The molecule has 2 rings (SSSR count). The van der Waals surface area contributed by atoms with E-state index in [0.29, 0.717) is 16.1 Å². The van der Waals surface area contributed by atoms with E-state index >= 15 is 0 Å². The fourth-order valence-corrected chi connectivity index (χ4v) is 2.27. The number of benzene rings is 1. The van der Waals surface area contributed by atoms with Crippen molar-refractivity contribution in [2.24, 2.45) is 12.0 Å². The summed E-state index contributed by atoms with van der Waals surface area (Å²) in [7, 11) is 1.82. The summed E-state index contributed by atoms with van der Waals surface area (Å²) in [6, 6.07) is 6.73. The van der Waals surface area contributed by atoms with Crippen molar-refractivity contribution in [3.05, 3.63) is 46.2 Å². The highest BCUT2D eigenvalue weighted by molar-refractivity contribution is 7.07. The molecule has 0 unspecified atom stereocenters. The van der Waals surface area contributed by atoms with Gasteiger partial charge in [0.1, 0.15) is 5.75 Å². The molecule has 0 saturated heterocycles.